The number of hydrogen-bond donors (Lipinski definition) is 1. The first-order chi connectivity index (χ1) is 6.50. The van der Waals surface area contributed by atoms with Crippen molar-refractivity contribution in [2.45, 2.75) is 13.8 Å². The minimum atomic E-state index is 0.506. The Morgan fingerprint density at radius 1 is 1.29 bits per heavy atom. The lowest BCUT2D eigenvalue weighted by molar-refractivity contribution is 0.268. The Balaban J connectivity index is 2.86. The summed E-state index contributed by atoms with van der Waals surface area (Å²) < 4.78 is 7.39. The van der Waals surface area contributed by atoms with E-state index in [1.807, 2.05) is 12.1 Å². The van der Waals surface area contributed by atoms with Crippen molar-refractivity contribution >= 4 is 37.5 Å². The molecule has 2 N–H and O–H groups in total. The summed E-state index contributed by atoms with van der Waals surface area (Å²) in [6.45, 7) is 4.92. The second-order valence-corrected chi connectivity index (χ2v) is 5.23. The molecule has 0 unspecified atom stereocenters. The summed E-state index contributed by atoms with van der Waals surface area (Å²) in [7, 11) is 0. The van der Waals surface area contributed by atoms with Gasteiger partial charge in [-0.25, -0.2) is 0 Å². The van der Waals surface area contributed by atoms with Crippen LogP contribution in [0.1, 0.15) is 13.8 Å². The Morgan fingerprint density at radius 2 is 1.79 bits per heavy atom. The second kappa shape index (κ2) is 5.03. The zero-order chi connectivity index (χ0) is 10.7. The zero-order valence-corrected chi connectivity index (χ0v) is 11.4. The molecule has 78 valence electrons. The largest absolute Gasteiger partial charge is 0.491 e. The molecule has 0 atom stereocenters. The van der Waals surface area contributed by atoms with Crippen LogP contribution in [0.2, 0.25) is 0 Å². The molecule has 0 aliphatic heterocycles. The fourth-order valence-corrected chi connectivity index (χ4v) is 2.42. The molecule has 2 nitrogen and oxygen atoms in total. The molecular formula is C10H13Br2NO. The minimum absolute atomic E-state index is 0.506. The van der Waals surface area contributed by atoms with Gasteiger partial charge in [-0.1, -0.05) is 13.8 Å². The molecule has 0 aliphatic rings. The summed E-state index contributed by atoms with van der Waals surface area (Å²) in [5, 5.41) is 0. The van der Waals surface area contributed by atoms with Crippen molar-refractivity contribution in [1.82, 2.24) is 0 Å². The van der Waals surface area contributed by atoms with Crippen LogP contribution < -0.4 is 10.5 Å². The quantitative estimate of drug-likeness (QED) is 0.858. The van der Waals surface area contributed by atoms with E-state index in [2.05, 4.69) is 45.7 Å². The third-order valence-electron chi connectivity index (χ3n) is 1.58. The molecule has 0 aromatic heterocycles. The fraction of sp³-hybridized carbons (Fsp3) is 0.400. The first kappa shape index (κ1) is 11.9. The molecule has 1 rings (SSSR count). The van der Waals surface area contributed by atoms with Gasteiger partial charge < -0.3 is 10.5 Å². The van der Waals surface area contributed by atoms with Gasteiger partial charge in [0.15, 0.2) is 0 Å². The number of hydrogen-bond acceptors (Lipinski definition) is 2. The smallest absolute Gasteiger partial charge is 0.147 e. The number of anilines is 1. The van der Waals surface area contributed by atoms with E-state index in [1.165, 1.54) is 0 Å². The fourth-order valence-electron chi connectivity index (χ4n) is 0.967. The van der Waals surface area contributed by atoms with Gasteiger partial charge in [0.1, 0.15) is 5.75 Å². The first-order valence-corrected chi connectivity index (χ1v) is 5.96. The maximum Gasteiger partial charge on any atom is 0.147 e. The summed E-state index contributed by atoms with van der Waals surface area (Å²) in [4.78, 5) is 0. The lowest BCUT2D eigenvalue weighted by Crippen LogP contribution is -2.05. The maximum absolute atomic E-state index is 5.67. The van der Waals surface area contributed by atoms with E-state index in [9.17, 15) is 0 Å². The molecule has 1 aromatic rings. The molecule has 0 saturated carbocycles. The van der Waals surface area contributed by atoms with Gasteiger partial charge in [0.2, 0.25) is 0 Å². The molecule has 0 spiro atoms. The number of benzene rings is 1. The average molecular weight is 323 g/mol. The van der Waals surface area contributed by atoms with E-state index in [4.69, 9.17) is 10.5 Å². The van der Waals surface area contributed by atoms with Crippen LogP contribution in [0, 0.1) is 5.92 Å². The third-order valence-corrected chi connectivity index (χ3v) is 2.76. The van der Waals surface area contributed by atoms with Gasteiger partial charge in [-0.2, -0.15) is 0 Å². The molecule has 0 amide bonds. The number of nitrogens with two attached hydrogens (primary N) is 1. The van der Waals surface area contributed by atoms with Crippen molar-refractivity contribution in [2.75, 3.05) is 12.3 Å². The highest BCUT2D eigenvalue weighted by Gasteiger charge is 2.08. The van der Waals surface area contributed by atoms with Crippen molar-refractivity contribution in [1.29, 1.82) is 0 Å². The molecule has 0 saturated heterocycles. The monoisotopic (exact) mass is 321 g/mol. The van der Waals surface area contributed by atoms with E-state index >= 15 is 0 Å². The highest BCUT2D eigenvalue weighted by atomic mass is 79.9. The molecule has 0 heterocycles. The van der Waals surface area contributed by atoms with Gasteiger partial charge >= 0.3 is 0 Å². The predicted molar refractivity (Wildman–Crippen MR) is 66.6 cm³/mol. The zero-order valence-electron chi connectivity index (χ0n) is 8.18. The molecule has 4 heteroatoms. The molecule has 0 fully saturated rings. The van der Waals surface area contributed by atoms with Crippen LogP contribution >= 0.6 is 31.9 Å². The number of ether oxygens (including phenoxy) is 1. The van der Waals surface area contributed by atoms with Gasteiger partial charge in [-0.15, -0.1) is 0 Å². The summed E-state index contributed by atoms with van der Waals surface area (Å²) in [6.07, 6.45) is 0. The molecule has 1 aromatic carbocycles. The normalized spacial score (nSPS) is 10.6. The van der Waals surface area contributed by atoms with E-state index < -0.39 is 0 Å². The van der Waals surface area contributed by atoms with Crippen LogP contribution in [0.5, 0.6) is 5.75 Å². The Morgan fingerprint density at radius 3 is 2.21 bits per heavy atom. The molecule has 0 aliphatic carbocycles. The second-order valence-electron chi connectivity index (χ2n) is 3.52. The standard InChI is InChI=1S/C10H13Br2NO/c1-6(2)5-14-10-8(11)3-7(13)4-9(10)12/h3-4,6H,5,13H2,1-2H3. The van der Waals surface area contributed by atoms with Crippen molar-refractivity contribution in [2.24, 2.45) is 5.92 Å². The molecular weight excluding hydrogens is 310 g/mol. The van der Waals surface area contributed by atoms with Crippen LogP contribution in [0.3, 0.4) is 0 Å². The lowest BCUT2D eigenvalue weighted by Gasteiger charge is -2.12. The lowest BCUT2D eigenvalue weighted by atomic mass is 10.2. The maximum atomic E-state index is 5.67. The minimum Gasteiger partial charge on any atom is -0.491 e. The van der Waals surface area contributed by atoms with Crippen molar-refractivity contribution in [3.8, 4) is 5.75 Å². The summed E-state index contributed by atoms with van der Waals surface area (Å²) in [5.41, 5.74) is 6.38. The van der Waals surface area contributed by atoms with E-state index in [0.29, 0.717) is 18.2 Å². The Labute approximate surface area is 101 Å². The average Bonchev–Trinajstić information content (AvgIpc) is 2.01. The Hall–Kier alpha value is -0.220. The predicted octanol–water partition coefficient (Wildman–Crippen LogP) is 3.83. The number of halogens is 2. The van der Waals surface area contributed by atoms with Gasteiger partial charge in [-0.05, 0) is 49.9 Å². The Bertz CT molecular complexity index is 303. The third kappa shape index (κ3) is 3.17. The highest BCUT2D eigenvalue weighted by Crippen LogP contribution is 2.35. The van der Waals surface area contributed by atoms with Crippen LogP contribution in [-0.4, -0.2) is 6.61 Å². The topological polar surface area (TPSA) is 35.2 Å². The van der Waals surface area contributed by atoms with Crippen LogP contribution in [0.15, 0.2) is 21.1 Å². The van der Waals surface area contributed by atoms with Gasteiger partial charge in [0.25, 0.3) is 0 Å². The SMILES string of the molecule is CC(C)COc1c(Br)cc(N)cc1Br. The molecule has 14 heavy (non-hydrogen) atoms. The van der Waals surface area contributed by atoms with Gasteiger partial charge in [0, 0.05) is 5.69 Å². The first-order valence-electron chi connectivity index (χ1n) is 4.38. The van der Waals surface area contributed by atoms with Gasteiger partial charge in [-0.3, -0.25) is 0 Å². The number of rotatable bonds is 3. The van der Waals surface area contributed by atoms with Crippen molar-refractivity contribution in [3.05, 3.63) is 21.1 Å². The van der Waals surface area contributed by atoms with E-state index in [-0.39, 0.29) is 0 Å². The molecule has 0 bridgehead atoms. The van der Waals surface area contributed by atoms with E-state index in [0.717, 1.165) is 14.7 Å². The van der Waals surface area contributed by atoms with E-state index in [1.54, 1.807) is 0 Å². The molecule has 0 radical (unpaired) electrons. The summed E-state index contributed by atoms with van der Waals surface area (Å²) in [6, 6.07) is 3.67. The number of nitrogen functional groups attached to an aromatic ring is 1. The summed E-state index contributed by atoms with van der Waals surface area (Å²) >= 11 is 6.83. The van der Waals surface area contributed by atoms with Crippen molar-refractivity contribution < 1.29 is 4.74 Å². The van der Waals surface area contributed by atoms with Crippen LogP contribution in [0.4, 0.5) is 5.69 Å². The van der Waals surface area contributed by atoms with Crippen LogP contribution in [0.25, 0.3) is 0 Å². The highest BCUT2D eigenvalue weighted by molar-refractivity contribution is 9.11. The van der Waals surface area contributed by atoms with Crippen molar-refractivity contribution in [3.63, 3.8) is 0 Å². The summed E-state index contributed by atoms with van der Waals surface area (Å²) in [5.74, 6) is 1.32. The van der Waals surface area contributed by atoms with Gasteiger partial charge in [0.05, 0.1) is 15.6 Å². The van der Waals surface area contributed by atoms with Crippen LogP contribution in [-0.2, 0) is 0 Å². The Kier molecular flexibility index (Phi) is 4.26.